The largest absolute Gasteiger partial charge is 0.394 e. The number of para-hydroxylation sites is 2. The Hall–Kier alpha value is -2.82. The highest BCUT2D eigenvalue weighted by Gasteiger charge is 2.32. The lowest BCUT2D eigenvalue weighted by Gasteiger charge is -2.25. The van der Waals surface area contributed by atoms with Gasteiger partial charge in [-0.05, 0) is 24.3 Å². The zero-order chi connectivity index (χ0) is 20.4. The van der Waals surface area contributed by atoms with Gasteiger partial charge in [0.2, 0.25) is 0 Å². The molecule has 0 radical (unpaired) electrons. The van der Waals surface area contributed by atoms with Crippen molar-refractivity contribution in [2.45, 2.75) is 24.4 Å². The first-order valence-corrected chi connectivity index (χ1v) is 8.59. The Labute approximate surface area is 162 Å². The van der Waals surface area contributed by atoms with E-state index in [-0.39, 0.29) is 5.71 Å². The van der Waals surface area contributed by atoms with Crippen LogP contribution in [0, 0.1) is 0 Å². The zero-order valence-corrected chi connectivity index (χ0v) is 15.0. The number of nitrogens with zero attached hydrogens (tertiary/aromatic N) is 2. The van der Waals surface area contributed by atoms with Crippen molar-refractivity contribution < 1.29 is 25.5 Å². The molecular formula is C19H24N4O5. The van der Waals surface area contributed by atoms with E-state index in [2.05, 4.69) is 21.1 Å². The molecule has 28 heavy (non-hydrogen) atoms. The number of aliphatic hydroxyl groups excluding tert-OH is 5. The SMILES string of the molecule is OC[C@@H](O)[C@@H](O)[C@@H](O)[C@H](O)C(C=NNc1ccccc1)=NNc1ccccc1. The fourth-order valence-corrected chi connectivity index (χ4v) is 2.20. The molecule has 9 heteroatoms. The Balaban J connectivity index is 2.16. The van der Waals surface area contributed by atoms with Crippen LogP contribution >= 0.6 is 0 Å². The molecule has 0 unspecified atom stereocenters. The van der Waals surface area contributed by atoms with Crippen LogP contribution in [0.15, 0.2) is 70.9 Å². The Bertz CT molecular complexity index is 757. The van der Waals surface area contributed by atoms with E-state index >= 15 is 0 Å². The van der Waals surface area contributed by atoms with E-state index in [0.717, 1.165) is 0 Å². The van der Waals surface area contributed by atoms with Gasteiger partial charge in [-0.3, -0.25) is 10.9 Å². The molecule has 150 valence electrons. The van der Waals surface area contributed by atoms with Crippen molar-refractivity contribution in [3.8, 4) is 0 Å². The van der Waals surface area contributed by atoms with Crippen molar-refractivity contribution in [3.05, 3.63) is 60.7 Å². The summed E-state index contributed by atoms with van der Waals surface area (Å²) in [4.78, 5) is 0. The maximum absolute atomic E-state index is 10.4. The zero-order valence-electron chi connectivity index (χ0n) is 15.0. The highest BCUT2D eigenvalue weighted by Crippen LogP contribution is 2.09. The van der Waals surface area contributed by atoms with Gasteiger partial charge in [-0.1, -0.05) is 36.4 Å². The normalized spacial score (nSPS) is 16.4. The van der Waals surface area contributed by atoms with Gasteiger partial charge in [0.15, 0.2) is 0 Å². The minimum Gasteiger partial charge on any atom is -0.394 e. The maximum Gasteiger partial charge on any atom is 0.128 e. The number of anilines is 2. The topological polar surface area (TPSA) is 150 Å². The second-order valence-electron chi connectivity index (χ2n) is 5.93. The summed E-state index contributed by atoms with van der Waals surface area (Å²) < 4.78 is 0. The molecule has 0 saturated carbocycles. The fraction of sp³-hybridized carbons (Fsp3) is 0.263. The summed E-state index contributed by atoms with van der Waals surface area (Å²) in [6, 6.07) is 17.9. The monoisotopic (exact) mass is 388 g/mol. The fourth-order valence-electron chi connectivity index (χ4n) is 2.20. The second kappa shape index (κ2) is 11.1. The van der Waals surface area contributed by atoms with Crippen LogP contribution in [0.3, 0.4) is 0 Å². The minimum absolute atomic E-state index is 0.107. The smallest absolute Gasteiger partial charge is 0.128 e. The molecule has 7 N–H and O–H groups in total. The van der Waals surface area contributed by atoms with Gasteiger partial charge in [0.1, 0.15) is 30.1 Å². The van der Waals surface area contributed by atoms with E-state index in [9.17, 15) is 20.4 Å². The second-order valence-corrected chi connectivity index (χ2v) is 5.93. The molecule has 2 aromatic carbocycles. The van der Waals surface area contributed by atoms with Crippen molar-refractivity contribution in [1.82, 2.24) is 0 Å². The first-order chi connectivity index (χ1) is 13.5. The van der Waals surface area contributed by atoms with Crippen molar-refractivity contribution in [1.29, 1.82) is 0 Å². The van der Waals surface area contributed by atoms with Crippen LogP contribution in [0.25, 0.3) is 0 Å². The number of aliphatic hydroxyl groups is 5. The predicted octanol–water partition coefficient (Wildman–Crippen LogP) is -0.0117. The molecule has 0 saturated heterocycles. The molecular weight excluding hydrogens is 364 g/mol. The number of rotatable bonds is 10. The molecule has 2 aromatic rings. The van der Waals surface area contributed by atoms with Gasteiger partial charge in [-0.25, -0.2) is 0 Å². The Morgan fingerprint density at radius 2 is 1.36 bits per heavy atom. The number of hydrazone groups is 2. The summed E-state index contributed by atoms with van der Waals surface area (Å²) in [6.45, 7) is -0.774. The van der Waals surface area contributed by atoms with Crippen molar-refractivity contribution in [3.63, 3.8) is 0 Å². The molecule has 0 bridgehead atoms. The molecule has 0 fully saturated rings. The molecule has 0 aliphatic heterocycles. The number of nitrogens with one attached hydrogen (secondary N) is 2. The van der Waals surface area contributed by atoms with Crippen molar-refractivity contribution in [2.24, 2.45) is 10.2 Å². The lowest BCUT2D eigenvalue weighted by Crippen LogP contribution is -2.49. The lowest BCUT2D eigenvalue weighted by atomic mass is 10.0. The standard InChI is InChI=1S/C19H24N4O5/c24-12-16(25)18(27)19(28)17(26)15(23-22-14-9-5-2-6-10-14)11-20-21-13-7-3-1-4-8-13/h1-11,16-19,21-22,24-28H,12H2/t16-,17-,18-,19+/m1/s1. The first-order valence-electron chi connectivity index (χ1n) is 8.59. The first kappa shape index (κ1) is 21.5. The third-order valence-electron chi connectivity index (χ3n) is 3.81. The lowest BCUT2D eigenvalue weighted by molar-refractivity contribution is -0.100. The molecule has 0 amide bonds. The summed E-state index contributed by atoms with van der Waals surface area (Å²) in [5.74, 6) is 0. The van der Waals surface area contributed by atoms with E-state index < -0.39 is 31.0 Å². The summed E-state index contributed by atoms with van der Waals surface area (Å²) in [6.07, 6.45) is -5.71. The molecule has 0 aliphatic carbocycles. The van der Waals surface area contributed by atoms with Crippen LogP contribution in [-0.2, 0) is 0 Å². The summed E-state index contributed by atoms with van der Waals surface area (Å²) >= 11 is 0. The summed E-state index contributed by atoms with van der Waals surface area (Å²) in [7, 11) is 0. The molecule has 0 heterocycles. The van der Waals surface area contributed by atoms with Crippen LogP contribution in [0.4, 0.5) is 11.4 Å². The van der Waals surface area contributed by atoms with E-state index in [1.807, 2.05) is 24.3 Å². The van der Waals surface area contributed by atoms with E-state index in [1.54, 1.807) is 36.4 Å². The van der Waals surface area contributed by atoms with Gasteiger partial charge in [0, 0.05) is 0 Å². The predicted molar refractivity (Wildman–Crippen MR) is 107 cm³/mol. The third kappa shape index (κ3) is 6.41. The number of hydrogen-bond acceptors (Lipinski definition) is 9. The molecule has 4 atom stereocenters. The number of hydrogen-bond donors (Lipinski definition) is 7. The molecule has 0 spiro atoms. The summed E-state index contributed by atoms with van der Waals surface area (Å²) in [5, 5.41) is 56.7. The van der Waals surface area contributed by atoms with E-state index in [0.29, 0.717) is 11.4 Å². The van der Waals surface area contributed by atoms with Gasteiger partial charge in [-0.15, -0.1) is 0 Å². The number of benzene rings is 2. The molecule has 9 nitrogen and oxygen atoms in total. The quantitative estimate of drug-likeness (QED) is 0.223. The Kier molecular flexibility index (Phi) is 8.53. The van der Waals surface area contributed by atoms with Crippen molar-refractivity contribution >= 4 is 23.3 Å². The van der Waals surface area contributed by atoms with Crippen LogP contribution in [0.1, 0.15) is 0 Å². The van der Waals surface area contributed by atoms with Crippen LogP contribution in [0.2, 0.25) is 0 Å². The molecule has 2 rings (SSSR count). The molecule has 0 aromatic heterocycles. The minimum atomic E-state index is -1.80. The Morgan fingerprint density at radius 3 is 1.89 bits per heavy atom. The van der Waals surface area contributed by atoms with Gasteiger partial charge in [-0.2, -0.15) is 10.2 Å². The highest BCUT2D eigenvalue weighted by atomic mass is 16.4. The van der Waals surface area contributed by atoms with Crippen LogP contribution in [0.5, 0.6) is 0 Å². The average molecular weight is 388 g/mol. The molecule has 0 aliphatic rings. The van der Waals surface area contributed by atoms with Gasteiger partial charge in [0.05, 0.1) is 24.2 Å². The van der Waals surface area contributed by atoms with E-state index in [1.165, 1.54) is 6.21 Å². The van der Waals surface area contributed by atoms with Crippen LogP contribution < -0.4 is 10.9 Å². The maximum atomic E-state index is 10.4. The van der Waals surface area contributed by atoms with Gasteiger partial charge < -0.3 is 25.5 Å². The average Bonchev–Trinajstić information content (AvgIpc) is 2.75. The van der Waals surface area contributed by atoms with Crippen molar-refractivity contribution in [2.75, 3.05) is 17.5 Å². The summed E-state index contributed by atoms with van der Waals surface area (Å²) in [5.41, 5.74) is 6.68. The third-order valence-corrected chi connectivity index (χ3v) is 3.81. The van der Waals surface area contributed by atoms with Gasteiger partial charge >= 0.3 is 0 Å². The van der Waals surface area contributed by atoms with Crippen LogP contribution in [-0.4, -0.2) is 68.5 Å². The highest BCUT2D eigenvalue weighted by molar-refractivity contribution is 6.33. The van der Waals surface area contributed by atoms with Gasteiger partial charge in [0.25, 0.3) is 0 Å². The van der Waals surface area contributed by atoms with E-state index in [4.69, 9.17) is 5.11 Å². The Morgan fingerprint density at radius 1 is 0.821 bits per heavy atom.